The Morgan fingerprint density at radius 3 is 2.73 bits per heavy atom. The first-order valence-electron chi connectivity index (χ1n) is 4.14. The molecule has 0 spiro atoms. The van der Waals surface area contributed by atoms with Crippen molar-refractivity contribution < 1.29 is 4.79 Å². The van der Waals surface area contributed by atoms with Crippen LogP contribution in [0.25, 0.3) is 11.4 Å². The van der Waals surface area contributed by atoms with Gasteiger partial charge in [0.05, 0.1) is 5.69 Å². The van der Waals surface area contributed by atoms with Crippen molar-refractivity contribution in [1.29, 1.82) is 0 Å². The molecular weight excluding hydrogens is 260 g/mol. The van der Waals surface area contributed by atoms with E-state index in [9.17, 15) is 4.79 Å². The third kappa shape index (κ3) is 2.04. The number of pyridine rings is 1. The molecule has 6 heteroatoms. The topological polar surface area (TPSA) is 84.7 Å². The first-order valence-corrected chi connectivity index (χ1v) is 4.93. The minimum atomic E-state index is -0.536. The number of H-pyrrole nitrogens is 1. The first kappa shape index (κ1) is 9.85. The minimum absolute atomic E-state index is 0.273. The van der Waals surface area contributed by atoms with Crippen LogP contribution in [0.1, 0.15) is 10.5 Å². The third-order valence-electron chi connectivity index (χ3n) is 1.83. The second-order valence-electron chi connectivity index (χ2n) is 2.89. The highest BCUT2D eigenvalue weighted by atomic mass is 79.9. The number of amides is 1. The summed E-state index contributed by atoms with van der Waals surface area (Å²) in [5.41, 5.74) is 6.64. The number of primary amides is 1. The summed E-state index contributed by atoms with van der Waals surface area (Å²) >= 11 is 3.28. The van der Waals surface area contributed by atoms with Crippen LogP contribution in [0, 0.1) is 0 Å². The van der Waals surface area contributed by atoms with Crippen LogP contribution in [0.4, 0.5) is 0 Å². The first-order chi connectivity index (χ1) is 7.16. The van der Waals surface area contributed by atoms with E-state index in [0.717, 1.165) is 4.47 Å². The van der Waals surface area contributed by atoms with Gasteiger partial charge in [-0.05, 0) is 34.1 Å². The second kappa shape index (κ2) is 3.82. The summed E-state index contributed by atoms with van der Waals surface area (Å²) in [6.45, 7) is 0. The van der Waals surface area contributed by atoms with Crippen LogP contribution in [-0.2, 0) is 0 Å². The van der Waals surface area contributed by atoms with E-state index < -0.39 is 5.91 Å². The molecule has 2 heterocycles. The van der Waals surface area contributed by atoms with Crippen LogP contribution < -0.4 is 5.73 Å². The van der Waals surface area contributed by atoms with Gasteiger partial charge in [-0.3, -0.25) is 14.9 Å². The number of hydrogen-bond acceptors (Lipinski definition) is 3. The fourth-order valence-electron chi connectivity index (χ4n) is 1.11. The van der Waals surface area contributed by atoms with Crippen LogP contribution in [0.2, 0.25) is 0 Å². The third-order valence-corrected chi connectivity index (χ3v) is 2.30. The quantitative estimate of drug-likeness (QED) is 0.860. The number of halogens is 1. The molecule has 0 atom stereocenters. The number of nitrogens with zero attached hydrogens (tertiary/aromatic N) is 2. The number of hydrogen-bond donors (Lipinski definition) is 2. The molecule has 0 aliphatic carbocycles. The number of nitrogens with two attached hydrogens (primary N) is 1. The Hall–Kier alpha value is -1.69. The van der Waals surface area contributed by atoms with Crippen LogP contribution >= 0.6 is 15.9 Å². The minimum Gasteiger partial charge on any atom is -0.364 e. The number of carbonyl (C=O) groups is 1. The Labute approximate surface area is 93.8 Å². The molecule has 2 aromatic rings. The Morgan fingerprint density at radius 1 is 1.40 bits per heavy atom. The predicted octanol–water partition coefficient (Wildman–Crippen LogP) is 1.33. The van der Waals surface area contributed by atoms with Crippen molar-refractivity contribution in [2.75, 3.05) is 0 Å². The molecule has 0 aromatic carbocycles. The fourth-order valence-corrected chi connectivity index (χ4v) is 1.34. The lowest BCUT2D eigenvalue weighted by Crippen LogP contribution is -2.10. The van der Waals surface area contributed by atoms with Crippen molar-refractivity contribution in [3.63, 3.8) is 0 Å². The van der Waals surface area contributed by atoms with Gasteiger partial charge in [0.25, 0.3) is 5.91 Å². The molecule has 0 saturated carbocycles. The zero-order valence-electron chi connectivity index (χ0n) is 7.57. The zero-order chi connectivity index (χ0) is 10.8. The van der Waals surface area contributed by atoms with E-state index in [-0.39, 0.29) is 5.69 Å². The van der Waals surface area contributed by atoms with E-state index in [1.54, 1.807) is 18.3 Å². The number of aromatic amines is 1. The highest BCUT2D eigenvalue weighted by Crippen LogP contribution is 2.17. The van der Waals surface area contributed by atoms with E-state index in [0.29, 0.717) is 11.4 Å². The van der Waals surface area contributed by atoms with E-state index in [1.165, 1.54) is 0 Å². The summed E-state index contributed by atoms with van der Waals surface area (Å²) in [4.78, 5) is 15.0. The van der Waals surface area contributed by atoms with E-state index in [1.807, 2.05) is 6.07 Å². The van der Waals surface area contributed by atoms with Gasteiger partial charge in [-0.1, -0.05) is 0 Å². The van der Waals surface area contributed by atoms with Gasteiger partial charge in [0, 0.05) is 10.7 Å². The smallest absolute Gasteiger partial charge is 0.266 e. The summed E-state index contributed by atoms with van der Waals surface area (Å²) in [6, 6.07) is 5.21. The van der Waals surface area contributed by atoms with Gasteiger partial charge >= 0.3 is 0 Å². The van der Waals surface area contributed by atoms with E-state index >= 15 is 0 Å². The number of nitrogens with one attached hydrogen (secondary N) is 1. The molecule has 76 valence electrons. The molecule has 0 aliphatic heterocycles. The van der Waals surface area contributed by atoms with Gasteiger partial charge in [-0.25, -0.2) is 0 Å². The molecule has 2 rings (SSSR count). The molecule has 0 bridgehead atoms. The molecule has 0 unspecified atom stereocenters. The lowest BCUT2D eigenvalue weighted by atomic mass is 10.2. The van der Waals surface area contributed by atoms with Gasteiger partial charge in [0.15, 0.2) is 0 Å². The largest absolute Gasteiger partial charge is 0.364 e. The number of rotatable bonds is 2. The number of carbonyl (C=O) groups excluding carboxylic acids is 1. The van der Waals surface area contributed by atoms with Crippen LogP contribution in [0.3, 0.4) is 0 Å². The highest BCUT2D eigenvalue weighted by Gasteiger charge is 2.08. The maximum absolute atomic E-state index is 10.8. The molecule has 0 radical (unpaired) electrons. The summed E-state index contributed by atoms with van der Waals surface area (Å²) < 4.78 is 0.886. The molecular formula is C9H7BrN4O. The van der Waals surface area contributed by atoms with Crippen molar-refractivity contribution in [1.82, 2.24) is 15.2 Å². The van der Waals surface area contributed by atoms with E-state index in [4.69, 9.17) is 5.73 Å². The van der Waals surface area contributed by atoms with Crippen molar-refractivity contribution >= 4 is 21.8 Å². The Kier molecular flexibility index (Phi) is 2.51. The SMILES string of the molecule is NC(=O)c1cc(-c2ccc(Br)cn2)n[nH]1. The zero-order valence-corrected chi connectivity index (χ0v) is 9.15. The molecule has 15 heavy (non-hydrogen) atoms. The van der Waals surface area contributed by atoms with Crippen molar-refractivity contribution in [3.05, 3.63) is 34.6 Å². The monoisotopic (exact) mass is 266 g/mol. The Bertz CT molecular complexity index is 491. The van der Waals surface area contributed by atoms with Crippen molar-refractivity contribution in [2.45, 2.75) is 0 Å². The summed E-state index contributed by atoms with van der Waals surface area (Å²) in [5.74, 6) is -0.536. The highest BCUT2D eigenvalue weighted by molar-refractivity contribution is 9.10. The summed E-state index contributed by atoms with van der Waals surface area (Å²) in [5, 5.41) is 6.48. The standard InChI is InChI=1S/C9H7BrN4O/c10-5-1-2-6(12-4-5)7-3-8(9(11)15)14-13-7/h1-4H,(H2,11,15)(H,13,14). The summed E-state index contributed by atoms with van der Waals surface area (Å²) in [7, 11) is 0. The van der Waals surface area contributed by atoms with Crippen LogP contribution in [-0.4, -0.2) is 21.1 Å². The lowest BCUT2D eigenvalue weighted by Gasteiger charge is -1.93. The van der Waals surface area contributed by atoms with Crippen LogP contribution in [0.5, 0.6) is 0 Å². The average Bonchev–Trinajstić information content (AvgIpc) is 2.68. The van der Waals surface area contributed by atoms with Gasteiger partial charge < -0.3 is 5.73 Å². The molecule has 1 amide bonds. The molecule has 3 N–H and O–H groups in total. The molecule has 2 aromatic heterocycles. The molecule has 0 aliphatic rings. The fraction of sp³-hybridized carbons (Fsp3) is 0. The average molecular weight is 267 g/mol. The Morgan fingerprint density at radius 2 is 2.20 bits per heavy atom. The van der Waals surface area contributed by atoms with Crippen molar-refractivity contribution in [3.8, 4) is 11.4 Å². The maximum Gasteiger partial charge on any atom is 0.266 e. The predicted molar refractivity (Wildman–Crippen MR) is 58.0 cm³/mol. The van der Waals surface area contributed by atoms with Gasteiger partial charge in [0.2, 0.25) is 0 Å². The maximum atomic E-state index is 10.8. The molecule has 0 fully saturated rings. The van der Waals surface area contributed by atoms with Gasteiger partial charge in [0.1, 0.15) is 11.4 Å². The lowest BCUT2D eigenvalue weighted by molar-refractivity contribution is 0.0995. The van der Waals surface area contributed by atoms with Gasteiger partial charge in [-0.15, -0.1) is 0 Å². The van der Waals surface area contributed by atoms with Crippen molar-refractivity contribution in [2.24, 2.45) is 5.73 Å². The molecule has 5 nitrogen and oxygen atoms in total. The Balaban J connectivity index is 2.37. The van der Waals surface area contributed by atoms with Gasteiger partial charge in [-0.2, -0.15) is 5.10 Å². The number of aromatic nitrogens is 3. The second-order valence-corrected chi connectivity index (χ2v) is 3.81. The van der Waals surface area contributed by atoms with E-state index in [2.05, 4.69) is 31.1 Å². The summed E-state index contributed by atoms with van der Waals surface area (Å²) in [6.07, 6.45) is 1.66. The molecule has 0 saturated heterocycles. The van der Waals surface area contributed by atoms with Crippen LogP contribution in [0.15, 0.2) is 28.9 Å². The normalized spacial score (nSPS) is 10.2.